The van der Waals surface area contributed by atoms with Crippen LogP contribution in [0, 0.1) is 6.92 Å². The average molecular weight is 430 g/mol. The Hall–Kier alpha value is -2.55. The summed E-state index contributed by atoms with van der Waals surface area (Å²) in [5.74, 6) is -0.348. The molecule has 1 N–H and O–H groups in total. The fourth-order valence-corrected chi connectivity index (χ4v) is 5.53. The van der Waals surface area contributed by atoms with Crippen molar-refractivity contribution in [2.24, 2.45) is 0 Å². The van der Waals surface area contributed by atoms with E-state index in [2.05, 4.69) is 10.3 Å². The van der Waals surface area contributed by atoms with E-state index in [-0.39, 0.29) is 10.8 Å². The molecule has 6 nitrogen and oxygen atoms in total. The molecule has 0 aliphatic carbocycles. The van der Waals surface area contributed by atoms with Crippen molar-refractivity contribution >= 4 is 49.2 Å². The number of rotatable bonds is 7. The van der Waals surface area contributed by atoms with Crippen LogP contribution in [0.25, 0.3) is 16.3 Å². The molecule has 1 aromatic heterocycles. The molecule has 29 heavy (non-hydrogen) atoms. The van der Waals surface area contributed by atoms with Crippen LogP contribution in [0.2, 0.25) is 0 Å². The number of sulfonamides is 1. The Kier molecular flexibility index (Phi) is 6.46. The second-order valence-corrected chi connectivity index (χ2v) is 9.38. The molecule has 3 aromatic rings. The van der Waals surface area contributed by atoms with Gasteiger partial charge in [-0.1, -0.05) is 32.0 Å². The van der Waals surface area contributed by atoms with Gasteiger partial charge in [0.05, 0.1) is 15.1 Å². The third kappa shape index (κ3) is 4.72. The maximum atomic E-state index is 12.8. The second kappa shape index (κ2) is 8.86. The molecule has 0 aliphatic heterocycles. The number of para-hydroxylation sites is 1. The van der Waals surface area contributed by atoms with Crippen molar-refractivity contribution in [2.75, 3.05) is 18.4 Å². The van der Waals surface area contributed by atoms with E-state index >= 15 is 0 Å². The van der Waals surface area contributed by atoms with Gasteiger partial charge in [-0.25, -0.2) is 13.4 Å². The molecule has 0 aliphatic rings. The number of nitrogens with zero attached hydrogens (tertiary/aromatic N) is 2. The fourth-order valence-electron chi connectivity index (χ4n) is 2.95. The van der Waals surface area contributed by atoms with E-state index < -0.39 is 10.0 Å². The van der Waals surface area contributed by atoms with E-state index in [4.69, 9.17) is 0 Å². The number of fused-ring (bicyclic) bond motifs is 1. The lowest BCUT2D eigenvalue weighted by Crippen LogP contribution is -2.31. The summed E-state index contributed by atoms with van der Waals surface area (Å²) >= 11 is 1.50. The minimum Gasteiger partial charge on any atom is -0.322 e. The van der Waals surface area contributed by atoms with Gasteiger partial charge in [-0.3, -0.25) is 4.79 Å². The largest absolute Gasteiger partial charge is 0.322 e. The van der Waals surface area contributed by atoms with E-state index in [9.17, 15) is 13.2 Å². The van der Waals surface area contributed by atoms with Crippen molar-refractivity contribution in [3.63, 3.8) is 0 Å². The van der Waals surface area contributed by atoms with Gasteiger partial charge in [-0.2, -0.15) is 4.31 Å². The topological polar surface area (TPSA) is 79.4 Å². The van der Waals surface area contributed by atoms with Crippen molar-refractivity contribution in [3.8, 4) is 0 Å². The van der Waals surface area contributed by atoms with E-state index in [0.717, 1.165) is 15.2 Å². The Balaban J connectivity index is 1.78. The van der Waals surface area contributed by atoms with Gasteiger partial charge >= 0.3 is 0 Å². The number of benzene rings is 2. The molecule has 3 rings (SSSR count). The van der Waals surface area contributed by atoms with Crippen LogP contribution in [-0.2, 0) is 14.8 Å². The normalized spacial score (nSPS) is 12.1. The number of hydrogen-bond acceptors (Lipinski definition) is 5. The van der Waals surface area contributed by atoms with Gasteiger partial charge in [0.15, 0.2) is 0 Å². The van der Waals surface area contributed by atoms with Gasteiger partial charge in [0, 0.05) is 24.9 Å². The maximum Gasteiger partial charge on any atom is 0.248 e. The SMILES string of the molecule is CCN(CC)S(=O)(=O)c1cc(NC(=O)C=Cc2nc3ccccc3s2)ccc1C. The van der Waals surface area contributed by atoms with Crippen molar-refractivity contribution in [3.05, 3.63) is 59.1 Å². The van der Waals surface area contributed by atoms with Crippen LogP contribution in [0.1, 0.15) is 24.4 Å². The third-order valence-corrected chi connectivity index (χ3v) is 7.66. The van der Waals surface area contributed by atoms with Crippen LogP contribution >= 0.6 is 11.3 Å². The number of aryl methyl sites for hydroxylation is 1. The van der Waals surface area contributed by atoms with Crippen LogP contribution in [0.5, 0.6) is 0 Å². The minimum absolute atomic E-state index is 0.203. The Bertz CT molecular complexity index is 1130. The molecular weight excluding hydrogens is 406 g/mol. The molecule has 1 amide bonds. The quantitative estimate of drug-likeness (QED) is 0.568. The van der Waals surface area contributed by atoms with Gasteiger partial charge in [-0.15, -0.1) is 11.3 Å². The number of aromatic nitrogens is 1. The molecular formula is C21H23N3O3S2. The van der Waals surface area contributed by atoms with Gasteiger partial charge in [0.25, 0.3) is 0 Å². The molecule has 152 valence electrons. The van der Waals surface area contributed by atoms with Gasteiger partial charge in [0.2, 0.25) is 15.9 Å². The molecule has 8 heteroatoms. The van der Waals surface area contributed by atoms with Gasteiger partial charge < -0.3 is 5.32 Å². The number of amides is 1. The van der Waals surface area contributed by atoms with Crippen molar-refractivity contribution in [1.29, 1.82) is 0 Å². The van der Waals surface area contributed by atoms with Gasteiger partial charge in [0.1, 0.15) is 5.01 Å². The highest BCUT2D eigenvalue weighted by atomic mass is 32.2. The number of nitrogens with one attached hydrogen (secondary N) is 1. The number of hydrogen-bond donors (Lipinski definition) is 1. The van der Waals surface area contributed by atoms with Crippen LogP contribution in [0.3, 0.4) is 0 Å². The Morgan fingerprint density at radius 1 is 1.17 bits per heavy atom. The van der Waals surface area contributed by atoms with E-state index in [1.54, 1.807) is 39.0 Å². The second-order valence-electron chi connectivity index (χ2n) is 6.41. The van der Waals surface area contributed by atoms with Crippen LogP contribution in [0.4, 0.5) is 5.69 Å². The van der Waals surface area contributed by atoms with Gasteiger partial charge in [-0.05, 0) is 42.8 Å². The van der Waals surface area contributed by atoms with E-state index in [1.807, 2.05) is 24.3 Å². The number of carbonyl (C=O) groups excluding carboxylic acids is 1. The summed E-state index contributed by atoms with van der Waals surface area (Å²) in [4.78, 5) is 17.0. The van der Waals surface area contributed by atoms with Crippen LogP contribution < -0.4 is 5.32 Å². The molecule has 0 saturated carbocycles. The summed E-state index contributed by atoms with van der Waals surface area (Å²) in [6.45, 7) is 6.12. The molecule has 2 aromatic carbocycles. The molecule has 1 heterocycles. The molecule has 0 fully saturated rings. The molecule has 0 unspecified atom stereocenters. The summed E-state index contributed by atoms with van der Waals surface area (Å²) in [6.07, 6.45) is 3.05. The Labute approximate surface area is 174 Å². The maximum absolute atomic E-state index is 12.8. The average Bonchev–Trinajstić information content (AvgIpc) is 3.11. The molecule has 0 saturated heterocycles. The van der Waals surface area contributed by atoms with Crippen molar-refractivity contribution in [1.82, 2.24) is 9.29 Å². The lowest BCUT2D eigenvalue weighted by molar-refractivity contribution is -0.111. The molecule has 0 spiro atoms. The lowest BCUT2D eigenvalue weighted by Gasteiger charge is -2.20. The minimum atomic E-state index is -3.60. The first-order valence-corrected chi connectivity index (χ1v) is 11.6. The monoisotopic (exact) mass is 429 g/mol. The Morgan fingerprint density at radius 3 is 2.59 bits per heavy atom. The van der Waals surface area contributed by atoms with Crippen molar-refractivity contribution in [2.45, 2.75) is 25.7 Å². The zero-order chi connectivity index (χ0) is 21.0. The number of carbonyl (C=O) groups is 1. The summed E-state index contributed by atoms with van der Waals surface area (Å²) in [7, 11) is -3.60. The highest BCUT2D eigenvalue weighted by Gasteiger charge is 2.23. The highest BCUT2D eigenvalue weighted by Crippen LogP contribution is 2.24. The Morgan fingerprint density at radius 2 is 1.90 bits per heavy atom. The zero-order valence-electron chi connectivity index (χ0n) is 16.5. The van der Waals surface area contributed by atoms with Crippen molar-refractivity contribution < 1.29 is 13.2 Å². The predicted molar refractivity (Wildman–Crippen MR) is 119 cm³/mol. The third-order valence-electron chi connectivity index (χ3n) is 4.47. The predicted octanol–water partition coefficient (Wildman–Crippen LogP) is 4.29. The lowest BCUT2D eigenvalue weighted by atomic mass is 10.2. The molecule has 0 bridgehead atoms. The number of anilines is 1. The summed E-state index contributed by atoms with van der Waals surface area (Å²) in [5.41, 5.74) is 1.96. The zero-order valence-corrected chi connectivity index (χ0v) is 18.2. The van der Waals surface area contributed by atoms with E-state index in [1.165, 1.54) is 27.8 Å². The molecule has 0 atom stereocenters. The molecule has 0 radical (unpaired) electrons. The van der Waals surface area contributed by atoms with Crippen LogP contribution in [0.15, 0.2) is 53.4 Å². The summed E-state index contributed by atoms with van der Waals surface area (Å²) < 4.78 is 28.1. The van der Waals surface area contributed by atoms with Crippen LogP contribution in [-0.4, -0.2) is 36.7 Å². The smallest absolute Gasteiger partial charge is 0.248 e. The first-order valence-electron chi connectivity index (χ1n) is 9.30. The first-order chi connectivity index (χ1) is 13.8. The summed E-state index contributed by atoms with van der Waals surface area (Å²) in [5, 5.41) is 3.46. The fraction of sp³-hybridized carbons (Fsp3) is 0.238. The first kappa shape index (κ1) is 21.2. The van der Waals surface area contributed by atoms with E-state index in [0.29, 0.717) is 24.3 Å². The standard InChI is InChI=1S/C21H23N3O3S2/c1-4-24(5-2)29(26,27)19-14-16(11-10-15(19)3)22-20(25)12-13-21-23-17-8-6-7-9-18(17)28-21/h6-14H,4-5H2,1-3H3,(H,22,25). The highest BCUT2D eigenvalue weighted by molar-refractivity contribution is 7.89. The number of thiazole rings is 1. The summed E-state index contributed by atoms with van der Waals surface area (Å²) in [6, 6.07) is 12.7.